The van der Waals surface area contributed by atoms with Crippen molar-refractivity contribution in [3.8, 4) is 16.9 Å². The molecule has 0 aliphatic heterocycles. The topological polar surface area (TPSA) is 37.3 Å². The van der Waals surface area contributed by atoms with Crippen LogP contribution in [0.4, 0.5) is 0 Å². The van der Waals surface area contributed by atoms with Crippen LogP contribution in [0.3, 0.4) is 0 Å². The minimum atomic E-state index is -0.174. The molecule has 39 heavy (non-hydrogen) atoms. The van der Waals surface area contributed by atoms with Gasteiger partial charge in [-0.3, -0.25) is 4.79 Å². The van der Waals surface area contributed by atoms with E-state index in [1.165, 1.54) is 32.7 Å². The van der Waals surface area contributed by atoms with Crippen LogP contribution in [0.2, 0.25) is 0 Å². The van der Waals surface area contributed by atoms with Crippen LogP contribution in [-0.2, 0) is 0 Å². The van der Waals surface area contributed by atoms with Crippen LogP contribution in [0, 0.1) is 0 Å². The third-order valence-corrected chi connectivity index (χ3v) is 8.12. The van der Waals surface area contributed by atoms with Crippen LogP contribution in [0.5, 0.6) is 5.75 Å². The second-order valence-electron chi connectivity index (χ2n) is 10.2. The van der Waals surface area contributed by atoms with Gasteiger partial charge < -0.3 is 5.11 Å². The van der Waals surface area contributed by atoms with Crippen LogP contribution in [0.1, 0.15) is 15.9 Å². The van der Waals surface area contributed by atoms with Crippen molar-refractivity contribution < 1.29 is 9.90 Å². The van der Waals surface area contributed by atoms with Crippen LogP contribution in [-0.4, -0.2) is 10.9 Å². The van der Waals surface area contributed by atoms with E-state index in [4.69, 9.17) is 0 Å². The molecule has 8 aromatic carbocycles. The number of hydrogen-bond donors (Lipinski definition) is 1. The maximum atomic E-state index is 13.6. The summed E-state index contributed by atoms with van der Waals surface area (Å²) in [5.74, 6) is -0.176. The van der Waals surface area contributed by atoms with Gasteiger partial charge in [0.15, 0.2) is 5.78 Å². The number of carbonyl (C=O) groups excluding carboxylic acids is 1. The van der Waals surface area contributed by atoms with E-state index in [0.29, 0.717) is 11.1 Å². The predicted octanol–water partition coefficient (Wildman–Crippen LogP) is 9.49. The molecule has 0 unspecified atom stereocenters. The Kier molecular flexibility index (Phi) is 4.56. The molecule has 1 N–H and O–H groups in total. The lowest BCUT2D eigenvalue weighted by Gasteiger charge is -2.17. The number of carbonyl (C=O) groups is 1. The van der Waals surface area contributed by atoms with Gasteiger partial charge in [0, 0.05) is 5.56 Å². The summed E-state index contributed by atoms with van der Waals surface area (Å²) >= 11 is 0. The Morgan fingerprint density at radius 1 is 0.436 bits per heavy atom. The molecule has 2 heteroatoms. The van der Waals surface area contributed by atoms with E-state index < -0.39 is 0 Å². The second-order valence-corrected chi connectivity index (χ2v) is 10.2. The van der Waals surface area contributed by atoms with Crippen LogP contribution in [0.15, 0.2) is 127 Å². The Bertz CT molecular complexity index is 2260. The average Bonchev–Trinajstić information content (AvgIpc) is 2.99. The van der Waals surface area contributed by atoms with Crippen molar-refractivity contribution in [3.63, 3.8) is 0 Å². The molecule has 0 fully saturated rings. The largest absolute Gasteiger partial charge is 0.507 e. The highest BCUT2D eigenvalue weighted by molar-refractivity contribution is 6.30. The minimum absolute atomic E-state index is 0.00124. The lowest BCUT2D eigenvalue weighted by molar-refractivity contribution is 0.103. The summed E-state index contributed by atoms with van der Waals surface area (Å²) in [7, 11) is 0. The lowest BCUT2D eigenvalue weighted by Crippen LogP contribution is -2.03. The fourth-order valence-corrected chi connectivity index (χ4v) is 6.32. The van der Waals surface area contributed by atoms with Gasteiger partial charge in [-0.15, -0.1) is 0 Å². The quantitative estimate of drug-likeness (QED) is 0.195. The smallest absolute Gasteiger partial charge is 0.197 e. The first-order valence-electron chi connectivity index (χ1n) is 13.1. The van der Waals surface area contributed by atoms with Gasteiger partial charge in [0.25, 0.3) is 0 Å². The van der Waals surface area contributed by atoms with E-state index in [1.807, 2.05) is 18.2 Å². The molecule has 0 aromatic heterocycles. The van der Waals surface area contributed by atoms with E-state index in [9.17, 15) is 9.90 Å². The predicted molar refractivity (Wildman–Crippen MR) is 162 cm³/mol. The van der Waals surface area contributed by atoms with Crippen molar-refractivity contribution in [3.05, 3.63) is 139 Å². The van der Waals surface area contributed by atoms with Gasteiger partial charge in [-0.2, -0.15) is 0 Å². The Balaban J connectivity index is 1.45. The van der Waals surface area contributed by atoms with E-state index >= 15 is 0 Å². The fourth-order valence-electron chi connectivity index (χ4n) is 6.32. The molecule has 0 aliphatic carbocycles. The number of aromatic hydroxyl groups is 1. The van der Waals surface area contributed by atoms with Gasteiger partial charge in [0.1, 0.15) is 5.75 Å². The number of fused-ring (bicyclic) bond motifs is 3. The molecule has 2 nitrogen and oxygen atoms in total. The number of ketones is 1. The van der Waals surface area contributed by atoms with Gasteiger partial charge in [-0.1, -0.05) is 103 Å². The normalized spacial score (nSPS) is 11.8. The van der Waals surface area contributed by atoms with Gasteiger partial charge in [0.2, 0.25) is 0 Å². The summed E-state index contributed by atoms with van der Waals surface area (Å²) in [4.78, 5) is 13.6. The number of phenols is 1. The lowest BCUT2D eigenvalue weighted by atomic mass is 9.85. The van der Waals surface area contributed by atoms with Gasteiger partial charge >= 0.3 is 0 Å². The van der Waals surface area contributed by atoms with Crippen molar-refractivity contribution in [1.82, 2.24) is 0 Å². The Labute approximate surface area is 224 Å². The standard InChI is InChI=1S/C37H22O2/c38-34-12-6-5-11-32(34)37(39)31-20-16-23-14-18-29-28(17-13-22-15-19-30(31)36(23)35(22)29)33-21-24-7-1-2-8-25(24)26-9-3-4-10-27(26)33/h1-21,38H. The Morgan fingerprint density at radius 3 is 1.87 bits per heavy atom. The molecule has 0 heterocycles. The van der Waals surface area contributed by atoms with Gasteiger partial charge in [-0.05, 0) is 89.3 Å². The molecule has 0 bridgehead atoms. The summed E-state index contributed by atoms with van der Waals surface area (Å²) in [6.45, 7) is 0. The number of hydrogen-bond acceptors (Lipinski definition) is 2. The average molecular weight is 499 g/mol. The molecular weight excluding hydrogens is 476 g/mol. The number of benzene rings is 8. The minimum Gasteiger partial charge on any atom is -0.507 e. The summed E-state index contributed by atoms with van der Waals surface area (Å²) < 4.78 is 0. The summed E-state index contributed by atoms with van der Waals surface area (Å²) in [6.07, 6.45) is 0. The molecule has 0 atom stereocenters. The third kappa shape index (κ3) is 3.12. The van der Waals surface area contributed by atoms with Crippen LogP contribution < -0.4 is 0 Å². The van der Waals surface area contributed by atoms with Gasteiger partial charge in [-0.25, -0.2) is 0 Å². The molecule has 0 aliphatic rings. The first kappa shape index (κ1) is 21.8. The van der Waals surface area contributed by atoms with Crippen LogP contribution >= 0.6 is 0 Å². The molecule has 0 amide bonds. The summed E-state index contributed by atoms with van der Waals surface area (Å²) in [5, 5.41) is 21.9. The molecule has 0 spiro atoms. The summed E-state index contributed by atoms with van der Waals surface area (Å²) in [6, 6.07) is 43.1. The monoisotopic (exact) mass is 498 g/mol. The zero-order valence-corrected chi connectivity index (χ0v) is 21.0. The number of para-hydroxylation sites is 1. The van der Waals surface area contributed by atoms with Crippen molar-refractivity contribution in [2.24, 2.45) is 0 Å². The zero-order chi connectivity index (χ0) is 26.1. The molecular formula is C37H22O2. The maximum absolute atomic E-state index is 13.6. The SMILES string of the molecule is O=C(c1ccccc1O)c1ccc2ccc3c(-c4cc5ccccc5c5ccccc45)ccc4ccc1c2c43. The molecule has 0 saturated heterocycles. The molecule has 0 radical (unpaired) electrons. The highest BCUT2D eigenvalue weighted by atomic mass is 16.3. The van der Waals surface area contributed by atoms with Crippen molar-refractivity contribution in [2.75, 3.05) is 0 Å². The molecule has 8 aromatic rings. The van der Waals surface area contributed by atoms with E-state index in [-0.39, 0.29) is 11.5 Å². The second kappa shape index (κ2) is 8.14. The third-order valence-electron chi connectivity index (χ3n) is 8.12. The molecule has 182 valence electrons. The van der Waals surface area contributed by atoms with E-state index in [2.05, 4.69) is 84.9 Å². The molecule has 0 saturated carbocycles. The first-order chi connectivity index (χ1) is 19.2. The van der Waals surface area contributed by atoms with Crippen molar-refractivity contribution in [1.29, 1.82) is 0 Å². The molecule has 8 rings (SSSR count). The highest BCUT2D eigenvalue weighted by Gasteiger charge is 2.20. The zero-order valence-electron chi connectivity index (χ0n) is 21.0. The Morgan fingerprint density at radius 2 is 1.05 bits per heavy atom. The number of phenolic OH excluding ortho intramolecular Hbond substituents is 1. The van der Waals surface area contributed by atoms with Crippen LogP contribution in [0.25, 0.3) is 65.0 Å². The van der Waals surface area contributed by atoms with Crippen molar-refractivity contribution in [2.45, 2.75) is 0 Å². The Hall–Kier alpha value is -5.21. The first-order valence-corrected chi connectivity index (χ1v) is 13.1. The van der Waals surface area contributed by atoms with E-state index in [1.54, 1.807) is 24.3 Å². The summed E-state index contributed by atoms with van der Waals surface area (Å²) in [5.41, 5.74) is 3.29. The maximum Gasteiger partial charge on any atom is 0.197 e. The van der Waals surface area contributed by atoms with E-state index in [0.717, 1.165) is 32.3 Å². The number of rotatable bonds is 3. The fraction of sp³-hybridized carbons (Fsp3) is 0. The van der Waals surface area contributed by atoms with Crippen molar-refractivity contribution >= 4 is 59.6 Å². The van der Waals surface area contributed by atoms with Gasteiger partial charge in [0.05, 0.1) is 5.56 Å². The highest BCUT2D eigenvalue weighted by Crippen LogP contribution is 2.43.